The Morgan fingerprint density at radius 1 is 1.12 bits per heavy atom. The molecule has 0 radical (unpaired) electrons. The molecule has 0 bridgehead atoms. The number of hydrogen-bond donors (Lipinski definition) is 1. The Balaban J connectivity index is 5.12. The Labute approximate surface area is 109 Å². The average molecular weight is 280 g/mol. The third-order valence-corrected chi connectivity index (χ3v) is 3.52. The van der Waals surface area contributed by atoms with Gasteiger partial charge >= 0.3 is 18.1 Å². The molecule has 0 aromatic rings. The van der Waals surface area contributed by atoms with Gasteiger partial charge in [0.2, 0.25) is 0 Å². The van der Waals surface area contributed by atoms with Crippen LogP contribution in [0.1, 0.15) is 0 Å². The maximum absolute atomic E-state index is 12.0. The van der Waals surface area contributed by atoms with E-state index in [9.17, 15) is 9.59 Å². The summed E-state index contributed by atoms with van der Waals surface area (Å²) in [6.07, 6.45) is 3.40. The molecule has 0 aliphatic heterocycles. The lowest BCUT2D eigenvalue weighted by atomic mass is 10.6. The number of ether oxygens (including phenoxy) is 1. The highest BCUT2D eigenvalue weighted by Gasteiger charge is 2.32. The molecule has 17 heavy (non-hydrogen) atoms. The first-order valence-corrected chi connectivity index (χ1v) is 6.83. The monoisotopic (exact) mass is 280 g/mol. The molecule has 0 aromatic carbocycles. The van der Waals surface area contributed by atoms with Crippen LogP contribution in [0.3, 0.4) is 0 Å². The van der Waals surface area contributed by atoms with Crippen LogP contribution in [0.25, 0.3) is 0 Å². The molecule has 0 aliphatic rings. The van der Waals surface area contributed by atoms with Gasteiger partial charge in [-0.3, -0.25) is 5.41 Å². The van der Waals surface area contributed by atoms with Crippen molar-refractivity contribution in [2.75, 3.05) is 33.7 Å². The summed E-state index contributed by atoms with van der Waals surface area (Å²) in [6.45, 7) is 0. The highest BCUT2D eigenvalue weighted by molar-refractivity contribution is 8.12. The number of urea groups is 2. The summed E-state index contributed by atoms with van der Waals surface area (Å²) in [7, 11) is 4.22. The lowest BCUT2D eigenvalue weighted by Gasteiger charge is -2.26. The summed E-state index contributed by atoms with van der Waals surface area (Å²) in [6, 6.07) is -1.77. The fourth-order valence-electron chi connectivity index (χ4n) is 0.859. The molecule has 0 spiro atoms. The summed E-state index contributed by atoms with van der Waals surface area (Å²) in [5, 5.41) is 7.48. The first kappa shape index (κ1) is 15.9. The SMILES string of the molecule is COC(=N)N(C(=O)N(C)C)C(=O)N(SC)SC. The zero-order chi connectivity index (χ0) is 13.6. The van der Waals surface area contributed by atoms with Crippen LogP contribution in [0.4, 0.5) is 9.59 Å². The minimum absolute atomic E-state index is 0.512. The summed E-state index contributed by atoms with van der Waals surface area (Å²) in [5.41, 5.74) is 0. The molecule has 0 unspecified atom stereocenters. The molecule has 0 fully saturated rings. The first-order valence-electron chi connectivity index (χ1n) is 4.46. The van der Waals surface area contributed by atoms with Crippen molar-refractivity contribution in [2.45, 2.75) is 0 Å². The Morgan fingerprint density at radius 2 is 1.59 bits per heavy atom. The fraction of sp³-hybridized carbons (Fsp3) is 0.625. The number of nitrogens with one attached hydrogen (secondary N) is 1. The fourth-order valence-corrected chi connectivity index (χ4v) is 1.93. The number of amidine groups is 1. The molecule has 7 nitrogen and oxygen atoms in total. The van der Waals surface area contributed by atoms with E-state index in [1.54, 1.807) is 12.5 Å². The number of hydrogen-bond acceptors (Lipinski definition) is 6. The quantitative estimate of drug-likeness (QED) is 0.471. The topological polar surface area (TPSA) is 76.9 Å². The van der Waals surface area contributed by atoms with Crippen molar-refractivity contribution in [1.82, 2.24) is 13.5 Å². The second-order valence-electron chi connectivity index (χ2n) is 2.93. The second kappa shape index (κ2) is 7.28. The molecule has 4 amide bonds. The predicted molar refractivity (Wildman–Crippen MR) is 69.9 cm³/mol. The van der Waals surface area contributed by atoms with Crippen molar-refractivity contribution in [3.8, 4) is 0 Å². The van der Waals surface area contributed by atoms with Gasteiger partial charge in [0.1, 0.15) is 0 Å². The van der Waals surface area contributed by atoms with Gasteiger partial charge in [-0.1, -0.05) is 0 Å². The lowest BCUT2D eigenvalue weighted by molar-refractivity contribution is 0.176. The van der Waals surface area contributed by atoms with E-state index in [4.69, 9.17) is 5.41 Å². The standard InChI is InChI=1S/C8H16N4O3S2/c1-10(2)7(13)11(6(9)15-3)8(14)12(16-4)17-5/h9H,1-5H3. The number of imide groups is 1. The largest absolute Gasteiger partial charge is 0.468 e. The summed E-state index contributed by atoms with van der Waals surface area (Å²) in [4.78, 5) is 25.6. The molecule has 0 aromatic heterocycles. The van der Waals surface area contributed by atoms with Crippen LogP contribution in [-0.2, 0) is 4.74 Å². The normalized spacial score (nSPS) is 9.47. The van der Waals surface area contributed by atoms with E-state index in [0.717, 1.165) is 23.9 Å². The van der Waals surface area contributed by atoms with Crippen molar-refractivity contribution in [3.05, 3.63) is 0 Å². The second-order valence-corrected chi connectivity index (χ2v) is 4.62. The van der Waals surface area contributed by atoms with E-state index in [-0.39, 0.29) is 0 Å². The van der Waals surface area contributed by atoms with Crippen LogP contribution in [-0.4, -0.2) is 65.3 Å². The van der Waals surface area contributed by atoms with Gasteiger partial charge in [0.15, 0.2) is 0 Å². The highest BCUT2D eigenvalue weighted by atomic mass is 32.2. The molecule has 0 atom stereocenters. The number of carbonyl (C=O) groups is 2. The number of nitrogens with zero attached hydrogens (tertiary/aromatic N) is 3. The van der Waals surface area contributed by atoms with Crippen LogP contribution in [0.2, 0.25) is 0 Å². The number of amides is 4. The van der Waals surface area contributed by atoms with Crippen LogP contribution >= 0.6 is 23.9 Å². The molecule has 98 valence electrons. The van der Waals surface area contributed by atoms with Gasteiger partial charge in [-0.05, 0) is 23.9 Å². The van der Waals surface area contributed by atoms with Crippen molar-refractivity contribution >= 4 is 42.0 Å². The highest BCUT2D eigenvalue weighted by Crippen LogP contribution is 2.19. The Hall–Kier alpha value is -1.09. The lowest BCUT2D eigenvalue weighted by Crippen LogP contribution is -2.49. The third kappa shape index (κ3) is 4.00. The van der Waals surface area contributed by atoms with Crippen molar-refractivity contribution in [3.63, 3.8) is 0 Å². The summed E-state index contributed by atoms with van der Waals surface area (Å²) in [5.74, 6) is 0. The molecular weight excluding hydrogens is 264 g/mol. The molecule has 0 saturated carbocycles. The maximum Gasteiger partial charge on any atom is 0.356 e. The molecule has 0 rings (SSSR count). The van der Waals surface area contributed by atoms with E-state index in [1.165, 1.54) is 29.8 Å². The maximum atomic E-state index is 12.0. The first-order chi connectivity index (χ1) is 7.90. The minimum atomic E-state index is -0.630. The van der Waals surface area contributed by atoms with Gasteiger partial charge in [-0.15, -0.1) is 0 Å². The van der Waals surface area contributed by atoms with Crippen molar-refractivity contribution in [2.24, 2.45) is 0 Å². The number of rotatable bonds is 2. The van der Waals surface area contributed by atoms with Gasteiger partial charge in [-0.25, -0.2) is 13.3 Å². The third-order valence-electron chi connectivity index (χ3n) is 1.65. The Kier molecular flexibility index (Phi) is 6.81. The van der Waals surface area contributed by atoms with E-state index >= 15 is 0 Å². The number of methoxy groups -OCH3 is 1. The van der Waals surface area contributed by atoms with E-state index in [2.05, 4.69) is 4.74 Å². The van der Waals surface area contributed by atoms with Crippen molar-refractivity contribution in [1.29, 1.82) is 5.41 Å². The van der Waals surface area contributed by atoms with Crippen LogP contribution in [0.5, 0.6) is 0 Å². The van der Waals surface area contributed by atoms with Gasteiger partial charge in [0.05, 0.1) is 7.11 Å². The van der Waals surface area contributed by atoms with E-state index in [1.807, 2.05) is 0 Å². The molecule has 9 heteroatoms. The molecule has 1 N–H and O–H groups in total. The molecule has 0 saturated heterocycles. The van der Waals surface area contributed by atoms with Crippen LogP contribution < -0.4 is 0 Å². The van der Waals surface area contributed by atoms with Gasteiger partial charge in [-0.2, -0.15) is 4.90 Å². The number of carbonyl (C=O) groups excluding carboxylic acids is 2. The van der Waals surface area contributed by atoms with Crippen LogP contribution in [0, 0.1) is 5.41 Å². The minimum Gasteiger partial charge on any atom is -0.468 e. The van der Waals surface area contributed by atoms with Crippen LogP contribution in [0.15, 0.2) is 0 Å². The zero-order valence-electron chi connectivity index (χ0n) is 10.4. The molecule has 0 aliphatic carbocycles. The van der Waals surface area contributed by atoms with Gasteiger partial charge < -0.3 is 9.64 Å². The average Bonchev–Trinajstić information content (AvgIpc) is 2.30. The molecular formula is C8H16N4O3S2. The Bertz CT molecular complexity index is 307. The molecule has 0 heterocycles. The van der Waals surface area contributed by atoms with E-state index in [0.29, 0.717) is 4.90 Å². The smallest absolute Gasteiger partial charge is 0.356 e. The van der Waals surface area contributed by atoms with Gasteiger partial charge in [0, 0.05) is 26.6 Å². The summed E-state index contributed by atoms with van der Waals surface area (Å²) >= 11 is 2.29. The van der Waals surface area contributed by atoms with Gasteiger partial charge in [0.25, 0.3) is 0 Å². The predicted octanol–water partition coefficient (Wildman–Crippen LogP) is 1.53. The Morgan fingerprint density at radius 3 is 1.88 bits per heavy atom. The summed E-state index contributed by atoms with van der Waals surface area (Å²) < 4.78 is 5.91. The zero-order valence-corrected chi connectivity index (χ0v) is 12.0. The van der Waals surface area contributed by atoms with Crippen molar-refractivity contribution < 1.29 is 14.3 Å². The van der Waals surface area contributed by atoms with E-state index < -0.39 is 18.1 Å².